The topological polar surface area (TPSA) is 20.3 Å². The van der Waals surface area contributed by atoms with E-state index in [9.17, 15) is 4.79 Å². The molecule has 0 fully saturated rings. The predicted octanol–water partition coefficient (Wildman–Crippen LogP) is 4.60. The Labute approximate surface area is 126 Å². The zero-order chi connectivity index (χ0) is 14.9. The van der Waals surface area contributed by atoms with Crippen LogP contribution in [0.4, 0.5) is 0 Å². The SMILES string of the molecule is CCCCN(/C=C\c1ccccc1)C(=O)c1ccccc1. The fourth-order valence-corrected chi connectivity index (χ4v) is 2.06. The maximum atomic E-state index is 12.5. The fraction of sp³-hybridized carbons (Fsp3) is 0.211. The third kappa shape index (κ3) is 4.60. The van der Waals surface area contributed by atoms with Gasteiger partial charge < -0.3 is 4.90 Å². The van der Waals surface area contributed by atoms with E-state index in [2.05, 4.69) is 6.92 Å². The van der Waals surface area contributed by atoms with Gasteiger partial charge in [0.2, 0.25) is 0 Å². The summed E-state index contributed by atoms with van der Waals surface area (Å²) in [5.41, 5.74) is 1.83. The number of amides is 1. The zero-order valence-corrected chi connectivity index (χ0v) is 12.4. The highest BCUT2D eigenvalue weighted by atomic mass is 16.2. The number of rotatable bonds is 6. The number of nitrogens with zero attached hydrogens (tertiary/aromatic N) is 1. The summed E-state index contributed by atoms with van der Waals surface area (Å²) in [6.07, 6.45) is 5.94. The first-order valence-electron chi connectivity index (χ1n) is 7.40. The molecule has 0 radical (unpaired) electrons. The van der Waals surface area contributed by atoms with Gasteiger partial charge in [0.25, 0.3) is 5.91 Å². The smallest absolute Gasteiger partial charge is 0.257 e. The molecule has 2 rings (SSSR count). The van der Waals surface area contributed by atoms with Crippen LogP contribution in [0.25, 0.3) is 6.08 Å². The van der Waals surface area contributed by atoms with Gasteiger partial charge in [-0.3, -0.25) is 4.79 Å². The molecule has 0 aliphatic carbocycles. The Balaban J connectivity index is 2.14. The molecule has 108 valence electrons. The lowest BCUT2D eigenvalue weighted by molar-refractivity contribution is 0.0821. The van der Waals surface area contributed by atoms with Crippen LogP contribution in [0.2, 0.25) is 0 Å². The van der Waals surface area contributed by atoms with Crippen LogP contribution >= 0.6 is 0 Å². The largest absolute Gasteiger partial charge is 0.315 e. The van der Waals surface area contributed by atoms with Crippen LogP contribution in [0.15, 0.2) is 66.9 Å². The molecule has 0 atom stereocenters. The second kappa shape index (κ2) is 8.05. The highest BCUT2D eigenvalue weighted by Crippen LogP contribution is 2.09. The first-order valence-corrected chi connectivity index (χ1v) is 7.40. The van der Waals surface area contributed by atoms with Crippen molar-refractivity contribution in [3.05, 3.63) is 78.0 Å². The van der Waals surface area contributed by atoms with Crippen molar-refractivity contribution in [2.75, 3.05) is 6.54 Å². The third-order valence-corrected chi connectivity index (χ3v) is 3.28. The van der Waals surface area contributed by atoms with Gasteiger partial charge in [-0.05, 0) is 30.2 Å². The Kier molecular flexibility index (Phi) is 5.77. The van der Waals surface area contributed by atoms with Gasteiger partial charge in [-0.25, -0.2) is 0 Å². The molecule has 2 nitrogen and oxygen atoms in total. The average Bonchev–Trinajstić information content (AvgIpc) is 2.56. The van der Waals surface area contributed by atoms with Gasteiger partial charge >= 0.3 is 0 Å². The minimum absolute atomic E-state index is 0.0521. The van der Waals surface area contributed by atoms with Gasteiger partial charge in [-0.15, -0.1) is 0 Å². The number of benzene rings is 2. The summed E-state index contributed by atoms with van der Waals surface area (Å²) in [5.74, 6) is 0.0521. The molecular formula is C19H21NO. The molecule has 2 aromatic carbocycles. The lowest BCUT2D eigenvalue weighted by atomic mass is 10.2. The van der Waals surface area contributed by atoms with E-state index in [1.54, 1.807) is 4.90 Å². The number of unbranched alkanes of at least 4 members (excludes halogenated alkanes) is 1. The number of carbonyl (C=O) groups excluding carboxylic acids is 1. The van der Waals surface area contributed by atoms with E-state index in [1.165, 1.54) is 0 Å². The van der Waals surface area contributed by atoms with Crippen molar-refractivity contribution in [1.29, 1.82) is 0 Å². The van der Waals surface area contributed by atoms with E-state index in [0.717, 1.165) is 30.5 Å². The molecule has 0 saturated heterocycles. The minimum atomic E-state index is 0.0521. The second-order valence-corrected chi connectivity index (χ2v) is 4.94. The van der Waals surface area contributed by atoms with Crippen LogP contribution in [-0.4, -0.2) is 17.4 Å². The molecule has 0 aliphatic heterocycles. The third-order valence-electron chi connectivity index (χ3n) is 3.28. The summed E-state index contributed by atoms with van der Waals surface area (Å²) in [7, 11) is 0. The second-order valence-electron chi connectivity index (χ2n) is 4.94. The molecule has 0 spiro atoms. The Hall–Kier alpha value is -2.35. The fourth-order valence-electron chi connectivity index (χ4n) is 2.06. The van der Waals surface area contributed by atoms with E-state index < -0.39 is 0 Å². The molecule has 2 aromatic rings. The molecule has 0 unspecified atom stereocenters. The summed E-state index contributed by atoms with van der Waals surface area (Å²) in [5, 5.41) is 0. The maximum absolute atomic E-state index is 12.5. The molecule has 21 heavy (non-hydrogen) atoms. The molecule has 2 heteroatoms. The lowest BCUT2D eigenvalue weighted by Crippen LogP contribution is -2.26. The zero-order valence-electron chi connectivity index (χ0n) is 12.4. The Morgan fingerprint density at radius 2 is 1.62 bits per heavy atom. The minimum Gasteiger partial charge on any atom is -0.315 e. The van der Waals surface area contributed by atoms with Crippen molar-refractivity contribution >= 4 is 12.0 Å². The van der Waals surface area contributed by atoms with Gasteiger partial charge in [0.05, 0.1) is 0 Å². The first-order chi connectivity index (χ1) is 10.3. The standard InChI is InChI=1S/C19H21NO/c1-2-3-15-20(16-14-17-10-6-4-7-11-17)19(21)18-12-8-5-9-13-18/h4-14,16H,2-3,15H2,1H3/b16-14-. The lowest BCUT2D eigenvalue weighted by Gasteiger charge is -2.18. The molecule has 0 heterocycles. The summed E-state index contributed by atoms with van der Waals surface area (Å²) in [6, 6.07) is 19.5. The number of hydrogen-bond acceptors (Lipinski definition) is 1. The average molecular weight is 279 g/mol. The quantitative estimate of drug-likeness (QED) is 0.756. The summed E-state index contributed by atoms with van der Waals surface area (Å²) < 4.78 is 0. The molecule has 0 N–H and O–H groups in total. The summed E-state index contributed by atoms with van der Waals surface area (Å²) >= 11 is 0. The van der Waals surface area contributed by atoms with Crippen LogP contribution in [0.3, 0.4) is 0 Å². The van der Waals surface area contributed by atoms with E-state index in [4.69, 9.17) is 0 Å². The number of carbonyl (C=O) groups is 1. The van der Waals surface area contributed by atoms with Crippen LogP contribution in [0.1, 0.15) is 35.7 Å². The van der Waals surface area contributed by atoms with Crippen molar-refractivity contribution in [3.8, 4) is 0 Å². The van der Waals surface area contributed by atoms with Crippen LogP contribution in [0, 0.1) is 0 Å². The Morgan fingerprint density at radius 3 is 2.24 bits per heavy atom. The van der Waals surface area contributed by atoms with Crippen molar-refractivity contribution < 1.29 is 4.79 Å². The predicted molar refractivity (Wildman–Crippen MR) is 87.9 cm³/mol. The van der Waals surface area contributed by atoms with E-state index in [0.29, 0.717) is 0 Å². The molecular weight excluding hydrogens is 258 g/mol. The van der Waals surface area contributed by atoms with Crippen molar-refractivity contribution in [1.82, 2.24) is 4.90 Å². The summed E-state index contributed by atoms with van der Waals surface area (Å²) in [6.45, 7) is 2.87. The van der Waals surface area contributed by atoms with E-state index in [1.807, 2.05) is 72.9 Å². The van der Waals surface area contributed by atoms with Crippen molar-refractivity contribution in [2.45, 2.75) is 19.8 Å². The maximum Gasteiger partial charge on any atom is 0.257 e. The monoisotopic (exact) mass is 279 g/mol. The van der Waals surface area contributed by atoms with Crippen molar-refractivity contribution in [2.24, 2.45) is 0 Å². The van der Waals surface area contributed by atoms with Gasteiger partial charge in [0.1, 0.15) is 0 Å². The van der Waals surface area contributed by atoms with Crippen molar-refractivity contribution in [3.63, 3.8) is 0 Å². The molecule has 0 bridgehead atoms. The van der Waals surface area contributed by atoms with Gasteiger partial charge in [-0.1, -0.05) is 61.9 Å². The summed E-state index contributed by atoms with van der Waals surface area (Å²) in [4.78, 5) is 14.3. The highest BCUT2D eigenvalue weighted by molar-refractivity contribution is 5.95. The van der Waals surface area contributed by atoms with Crippen LogP contribution in [0.5, 0.6) is 0 Å². The molecule has 0 aromatic heterocycles. The van der Waals surface area contributed by atoms with Gasteiger partial charge in [0, 0.05) is 18.3 Å². The Bertz CT molecular complexity index is 575. The Morgan fingerprint density at radius 1 is 1.00 bits per heavy atom. The first kappa shape index (κ1) is 15.0. The van der Waals surface area contributed by atoms with E-state index in [-0.39, 0.29) is 5.91 Å². The highest BCUT2D eigenvalue weighted by Gasteiger charge is 2.12. The van der Waals surface area contributed by atoms with E-state index >= 15 is 0 Å². The molecule has 0 saturated carbocycles. The molecule has 0 aliphatic rings. The van der Waals surface area contributed by atoms with Gasteiger partial charge in [0.15, 0.2) is 0 Å². The normalized spacial score (nSPS) is 10.7. The molecule has 1 amide bonds. The van der Waals surface area contributed by atoms with Crippen LogP contribution in [-0.2, 0) is 0 Å². The van der Waals surface area contributed by atoms with Gasteiger partial charge in [-0.2, -0.15) is 0 Å². The number of hydrogen-bond donors (Lipinski definition) is 0. The van der Waals surface area contributed by atoms with Crippen LogP contribution < -0.4 is 0 Å².